The molecule has 14 heteroatoms. The smallest absolute Gasteiger partial charge is 0.429 e. The number of methoxy groups -OCH3 is 1. The lowest BCUT2D eigenvalue weighted by molar-refractivity contribution is -0.0954. The lowest BCUT2D eigenvalue weighted by atomic mass is 9.74. The van der Waals surface area contributed by atoms with Gasteiger partial charge in [0.05, 0.1) is 28.4 Å². The second kappa shape index (κ2) is 14.4. The van der Waals surface area contributed by atoms with Gasteiger partial charge in [-0.2, -0.15) is 0 Å². The van der Waals surface area contributed by atoms with E-state index in [4.69, 9.17) is 30.4 Å². The van der Waals surface area contributed by atoms with Gasteiger partial charge in [-0.05, 0) is 95.8 Å². The molecule has 0 spiro atoms. The predicted octanol–water partition coefficient (Wildman–Crippen LogP) is 8.61. The van der Waals surface area contributed by atoms with E-state index in [1.54, 1.807) is 16.0 Å². The van der Waals surface area contributed by atoms with Crippen molar-refractivity contribution in [2.45, 2.75) is 95.5 Å². The van der Waals surface area contributed by atoms with Crippen LogP contribution in [0.4, 0.5) is 22.4 Å². The van der Waals surface area contributed by atoms with Crippen molar-refractivity contribution in [3.8, 4) is 18.1 Å². The second-order valence-corrected chi connectivity index (χ2v) is 17.2. The van der Waals surface area contributed by atoms with Gasteiger partial charge in [-0.1, -0.05) is 12.0 Å². The van der Waals surface area contributed by atoms with Gasteiger partial charge in [0.15, 0.2) is 12.6 Å². The van der Waals surface area contributed by atoms with Crippen molar-refractivity contribution in [2.24, 2.45) is 10.9 Å². The van der Waals surface area contributed by atoms with Crippen molar-refractivity contribution in [1.29, 1.82) is 0 Å². The first-order valence-corrected chi connectivity index (χ1v) is 20.1. The number of ether oxygens (including phenoxy) is 4. The van der Waals surface area contributed by atoms with E-state index < -0.39 is 46.4 Å². The molecule has 4 fully saturated rings. The number of rotatable bonds is 7. The number of alkyl halides is 1. The van der Waals surface area contributed by atoms with Gasteiger partial charge in [-0.15, -0.1) is 6.42 Å². The van der Waals surface area contributed by atoms with E-state index in [2.05, 4.69) is 10.8 Å². The van der Waals surface area contributed by atoms with E-state index in [1.807, 2.05) is 25.8 Å². The monoisotopic (exact) mass is 801 g/mol. The van der Waals surface area contributed by atoms with Crippen LogP contribution in [0.25, 0.3) is 16.3 Å². The Kier molecular flexibility index (Phi) is 9.55. The van der Waals surface area contributed by atoms with E-state index >= 15 is 13.2 Å². The highest BCUT2D eigenvalue weighted by Crippen LogP contribution is 2.52. The molecule has 2 aromatic rings. The zero-order valence-corrected chi connectivity index (χ0v) is 33.2. The molecule has 1 aliphatic carbocycles. The molecule has 0 radical (unpaired) electrons. The molecule has 2 aromatic carbocycles. The van der Waals surface area contributed by atoms with Crippen molar-refractivity contribution in [3.05, 3.63) is 81.8 Å². The summed E-state index contributed by atoms with van der Waals surface area (Å²) in [6.45, 7) is 6.45. The van der Waals surface area contributed by atoms with Crippen LogP contribution in [0, 0.1) is 24.1 Å². The molecule has 8 aliphatic rings. The van der Waals surface area contributed by atoms with E-state index in [-0.39, 0.29) is 78.7 Å². The Morgan fingerprint density at radius 1 is 1.09 bits per heavy atom. The average Bonchev–Trinajstić information content (AvgIpc) is 3.67. The van der Waals surface area contributed by atoms with Gasteiger partial charge in [0, 0.05) is 54.3 Å². The molecule has 0 saturated carbocycles. The third kappa shape index (κ3) is 6.24. The highest BCUT2D eigenvalue weighted by Gasteiger charge is 2.54. The summed E-state index contributed by atoms with van der Waals surface area (Å²) >= 11 is 0. The number of terminal acetylenes is 1. The normalized spacial score (nSPS) is 26.9. The number of amidine groups is 1. The Bertz CT molecular complexity index is 2290. The second-order valence-electron chi connectivity index (χ2n) is 17.2. The number of hydrazine groups is 1. The maximum Gasteiger partial charge on any atom is 0.429 e. The number of nitrogens with zero attached hydrogens (tertiary/aromatic N) is 5. The summed E-state index contributed by atoms with van der Waals surface area (Å²) in [6, 6.07) is 5.53. The van der Waals surface area contributed by atoms with Crippen LogP contribution in [0.5, 0.6) is 5.75 Å². The minimum absolute atomic E-state index is 0.00363. The molecule has 7 heterocycles. The third-order valence-electron chi connectivity index (χ3n) is 12.5. The SMILES string of the molecule is C#Cc1c(F)ccc2cc(OCOC)cc(C3=C(F)C=C(OC[C@@]45CCCN4C[C@H](F)C5)N4C5=NCN6C7=C5[C@@H](CCCC4=C3F)[C@H](CC7)N6C(=O)OC(C)(C)C)c12. The first-order chi connectivity index (χ1) is 27.8. The Morgan fingerprint density at radius 2 is 1.91 bits per heavy atom. The third-order valence-corrected chi connectivity index (χ3v) is 12.5. The Labute approximate surface area is 335 Å². The molecule has 10 rings (SSSR count). The molecule has 4 saturated heterocycles. The van der Waals surface area contributed by atoms with Gasteiger partial charge in [0.1, 0.15) is 48.3 Å². The Hall–Kier alpha value is -5.00. The standard InChI is InChI=1S/C44H47F4N5O5/c1-6-28-31(46)12-11-25-17-27(57-24-55-5)18-30(37(25)28)38-32(47)19-36(56-22-44-15-8-16-50(44)21-26(45)20-44)52-35(40(38)48)10-7-9-29-33-13-14-34-39(29)41(52)49-23-51(34)53(33)42(54)58-43(2,3)4/h1,11-12,17-19,26,29,33H,7-10,13-16,20-24H2,2-5H3/t26-,29+,33+,44+/m1/s1. The molecule has 0 aromatic heterocycles. The fourth-order valence-corrected chi connectivity index (χ4v) is 10.3. The molecule has 7 aliphatic heterocycles. The molecule has 0 N–H and O–H groups in total. The lowest BCUT2D eigenvalue weighted by Crippen LogP contribution is -2.64. The molecule has 1 amide bonds. The fraction of sp³-hybridized carbons (Fsp3) is 0.500. The maximum atomic E-state index is 18.0. The Balaban J connectivity index is 1.22. The van der Waals surface area contributed by atoms with Crippen molar-refractivity contribution in [3.63, 3.8) is 0 Å². The number of aliphatic imine (C=N–C) groups is 1. The topological polar surface area (TPSA) is 79.3 Å². The zero-order valence-electron chi connectivity index (χ0n) is 33.2. The van der Waals surface area contributed by atoms with Crippen LogP contribution in [-0.2, 0) is 14.2 Å². The van der Waals surface area contributed by atoms with Gasteiger partial charge in [0.25, 0.3) is 0 Å². The summed E-state index contributed by atoms with van der Waals surface area (Å²) in [6.07, 6.45) is 9.96. The molecule has 306 valence electrons. The molecule has 10 nitrogen and oxygen atoms in total. The number of carbonyl (C=O) groups is 1. The number of hydrogen-bond acceptors (Lipinski definition) is 9. The van der Waals surface area contributed by atoms with Crippen molar-refractivity contribution >= 4 is 28.3 Å². The summed E-state index contributed by atoms with van der Waals surface area (Å²) in [4.78, 5) is 22.5. The molecular formula is C44H47F4N5O5. The van der Waals surface area contributed by atoms with Gasteiger partial charge in [0.2, 0.25) is 5.88 Å². The summed E-state index contributed by atoms with van der Waals surface area (Å²) in [5, 5.41) is 4.11. The van der Waals surface area contributed by atoms with Gasteiger partial charge >= 0.3 is 6.09 Å². The highest BCUT2D eigenvalue weighted by molar-refractivity contribution is 6.05. The Morgan fingerprint density at radius 3 is 2.69 bits per heavy atom. The van der Waals surface area contributed by atoms with Crippen LogP contribution in [0.3, 0.4) is 0 Å². The van der Waals surface area contributed by atoms with Crippen LogP contribution in [0.2, 0.25) is 0 Å². The number of carbonyl (C=O) groups excluding carboxylic acids is 1. The van der Waals surface area contributed by atoms with Gasteiger partial charge in [-0.25, -0.2) is 32.4 Å². The van der Waals surface area contributed by atoms with E-state index in [9.17, 15) is 9.18 Å². The number of hydrogen-bond donors (Lipinski definition) is 0. The minimum Gasteiger partial charge on any atom is -0.477 e. The largest absolute Gasteiger partial charge is 0.477 e. The van der Waals surface area contributed by atoms with E-state index in [0.717, 1.165) is 30.3 Å². The number of fused-ring (bicyclic) bond motifs is 5. The summed E-state index contributed by atoms with van der Waals surface area (Å²) in [7, 11) is 1.45. The summed E-state index contributed by atoms with van der Waals surface area (Å²) in [5.74, 6) is 0.315. The number of allylic oxidation sites excluding steroid dienone is 6. The molecule has 0 unspecified atom stereocenters. The first-order valence-electron chi connectivity index (χ1n) is 20.1. The van der Waals surface area contributed by atoms with Crippen molar-refractivity contribution < 1.29 is 41.3 Å². The van der Waals surface area contributed by atoms with Crippen LogP contribution in [-0.4, -0.2) is 95.4 Å². The molecule has 4 bridgehead atoms. The number of halogens is 4. The van der Waals surface area contributed by atoms with Crippen molar-refractivity contribution in [1.82, 2.24) is 19.8 Å². The van der Waals surface area contributed by atoms with Crippen LogP contribution >= 0.6 is 0 Å². The fourth-order valence-electron chi connectivity index (χ4n) is 10.3. The molecule has 58 heavy (non-hydrogen) atoms. The van der Waals surface area contributed by atoms with E-state index in [0.29, 0.717) is 49.9 Å². The lowest BCUT2D eigenvalue weighted by Gasteiger charge is -2.56. The first kappa shape index (κ1) is 38.5. The maximum absolute atomic E-state index is 18.0. The highest BCUT2D eigenvalue weighted by atomic mass is 19.1. The van der Waals surface area contributed by atoms with E-state index in [1.165, 1.54) is 25.3 Å². The summed E-state index contributed by atoms with van der Waals surface area (Å²) < 4.78 is 89.3. The van der Waals surface area contributed by atoms with Gasteiger partial charge in [-0.3, -0.25) is 14.8 Å². The number of benzene rings is 2. The van der Waals surface area contributed by atoms with Gasteiger partial charge < -0.3 is 18.9 Å². The quantitative estimate of drug-likeness (QED) is 0.157. The number of amides is 1. The van der Waals surface area contributed by atoms with Crippen LogP contribution in [0.15, 0.2) is 69.8 Å². The summed E-state index contributed by atoms with van der Waals surface area (Å²) in [5.41, 5.74) is -0.0571. The van der Waals surface area contributed by atoms with Crippen molar-refractivity contribution in [2.75, 3.05) is 40.3 Å². The zero-order chi connectivity index (χ0) is 40.7. The van der Waals surface area contributed by atoms with Crippen LogP contribution < -0.4 is 4.74 Å². The molecule has 4 atom stereocenters. The minimum atomic E-state index is -1.02. The molecular weight excluding hydrogens is 755 g/mol. The van der Waals surface area contributed by atoms with Crippen LogP contribution in [0.1, 0.15) is 83.3 Å². The predicted molar refractivity (Wildman–Crippen MR) is 209 cm³/mol. The average molecular weight is 802 g/mol.